The van der Waals surface area contributed by atoms with Crippen LogP contribution < -0.4 is 15.2 Å². The van der Waals surface area contributed by atoms with E-state index in [1.807, 2.05) is 0 Å². The summed E-state index contributed by atoms with van der Waals surface area (Å²) < 4.78 is 14.6. The van der Waals surface area contributed by atoms with E-state index in [-0.39, 0.29) is 6.61 Å². The molecule has 5 nitrogen and oxygen atoms in total. The van der Waals surface area contributed by atoms with Crippen LogP contribution >= 0.6 is 0 Å². The van der Waals surface area contributed by atoms with Gasteiger partial charge in [-0.3, -0.25) is 0 Å². The maximum Gasteiger partial charge on any atom is 0.343 e. The van der Waals surface area contributed by atoms with E-state index in [0.29, 0.717) is 17.2 Å². The molecular formula is C10H13NO4. The minimum Gasteiger partial charge on any atom is -0.497 e. The van der Waals surface area contributed by atoms with Crippen molar-refractivity contribution in [2.75, 3.05) is 26.6 Å². The Bertz CT molecular complexity index is 351. The molecule has 1 rings (SSSR count). The number of carbonyl (C=O) groups is 1. The lowest BCUT2D eigenvalue weighted by Gasteiger charge is -2.07. The summed E-state index contributed by atoms with van der Waals surface area (Å²) in [5, 5.41) is 0. The van der Waals surface area contributed by atoms with Gasteiger partial charge in [0.15, 0.2) is 6.61 Å². The summed E-state index contributed by atoms with van der Waals surface area (Å²) in [6.07, 6.45) is 0. The molecule has 0 aliphatic rings. The first kappa shape index (κ1) is 11.2. The Kier molecular flexibility index (Phi) is 3.79. The smallest absolute Gasteiger partial charge is 0.343 e. The number of hydrogen-bond donors (Lipinski definition) is 1. The quantitative estimate of drug-likeness (QED) is 0.590. The number of methoxy groups -OCH3 is 2. The van der Waals surface area contributed by atoms with E-state index in [4.69, 9.17) is 15.2 Å². The number of nitrogens with two attached hydrogens (primary N) is 1. The van der Waals surface area contributed by atoms with Crippen molar-refractivity contribution < 1.29 is 19.0 Å². The van der Waals surface area contributed by atoms with Crippen molar-refractivity contribution >= 4 is 11.7 Å². The third-order valence-corrected chi connectivity index (χ3v) is 1.72. The van der Waals surface area contributed by atoms with E-state index in [1.54, 1.807) is 18.2 Å². The van der Waals surface area contributed by atoms with Crippen molar-refractivity contribution in [3.63, 3.8) is 0 Å². The average Bonchev–Trinajstić information content (AvgIpc) is 2.25. The van der Waals surface area contributed by atoms with Gasteiger partial charge >= 0.3 is 5.97 Å². The van der Waals surface area contributed by atoms with E-state index < -0.39 is 5.97 Å². The van der Waals surface area contributed by atoms with Crippen LogP contribution in [0, 0.1) is 0 Å². The second kappa shape index (κ2) is 5.09. The van der Waals surface area contributed by atoms with Crippen LogP contribution in [0.2, 0.25) is 0 Å². The maximum atomic E-state index is 10.8. The molecule has 0 saturated carbocycles. The van der Waals surface area contributed by atoms with Crippen molar-refractivity contribution in [1.29, 1.82) is 0 Å². The molecule has 0 bridgehead atoms. The Morgan fingerprint density at radius 1 is 1.27 bits per heavy atom. The lowest BCUT2D eigenvalue weighted by atomic mass is 10.3. The van der Waals surface area contributed by atoms with E-state index in [0.717, 1.165) is 0 Å². The largest absolute Gasteiger partial charge is 0.497 e. The molecule has 15 heavy (non-hydrogen) atoms. The van der Waals surface area contributed by atoms with Crippen LogP contribution in [0.25, 0.3) is 0 Å². The molecule has 82 valence electrons. The highest BCUT2D eigenvalue weighted by Gasteiger charge is 2.04. The molecule has 0 amide bonds. The second-order valence-electron chi connectivity index (χ2n) is 2.81. The fourth-order valence-corrected chi connectivity index (χ4v) is 0.996. The van der Waals surface area contributed by atoms with Crippen molar-refractivity contribution in [3.05, 3.63) is 18.2 Å². The van der Waals surface area contributed by atoms with Crippen LogP contribution in [0.1, 0.15) is 0 Å². The Morgan fingerprint density at radius 2 is 1.93 bits per heavy atom. The zero-order valence-electron chi connectivity index (χ0n) is 8.65. The second-order valence-corrected chi connectivity index (χ2v) is 2.81. The van der Waals surface area contributed by atoms with Crippen LogP contribution in [-0.4, -0.2) is 26.8 Å². The maximum absolute atomic E-state index is 10.8. The Labute approximate surface area is 87.7 Å². The van der Waals surface area contributed by atoms with Crippen molar-refractivity contribution in [2.45, 2.75) is 0 Å². The standard InChI is InChI=1S/C10H13NO4/c1-13-8-3-7(11)4-9(5-8)15-6-10(12)14-2/h3-5H,6,11H2,1-2H3. The summed E-state index contributed by atoms with van der Waals surface area (Å²) in [5.74, 6) is 0.600. The molecule has 0 fully saturated rings. The fraction of sp³-hybridized carbons (Fsp3) is 0.300. The average molecular weight is 211 g/mol. The van der Waals surface area contributed by atoms with Crippen molar-refractivity contribution in [2.24, 2.45) is 0 Å². The number of nitrogen functional groups attached to an aromatic ring is 1. The van der Waals surface area contributed by atoms with Gasteiger partial charge < -0.3 is 19.9 Å². The van der Waals surface area contributed by atoms with Crippen molar-refractivity contribution in [3.8, 4) is 11.5 Å². The number of esters is 1. The van der Waals surface area contributed by atoms with Crippen LogP contribution in [0.5, 0.6) is 11.5 Å². The zero-order valence-corrected chi connectivity index (χ0v) is 8.65. The predicted octanol–water partition coefficient (Wildman–Crippen LogP) is 0.829. The number of hydrogen-bond acceptors (Lipinski definition) is 5. The lowest BCUT2D eigenvalue weighted by Crippen LogP contribution is -2.12. The van der Waals surface area contributed by atoms with Gasteiger partial charge in [0, 0.05) is 23.9 Å². The summed E-state index contributed by atoms with van der Waals surface area (Å²) in [6, 6.07) is 4.90. The molecule has 1 aromatic carbocycles. The van der Waals surface area contributed by atoms with Gasteiger partial charge in [0.05, 0.1) is 14.2 Å². The van der Waals surface area contributed by atoms with Crippen LogP contribution in [0.4, 0.5) is 5.69 Å². The monoisotopic (exact) mass is 211 g/mol. The van der Waals surface area contributed by atoms with Gasteiger partial charge in [0.1, 0.15) is 11.5 Å². The molecule has 0 aliphatic carbocycles. The molecule has 0 aliphatic heterocycles. The van der Waals surface area contributed by atoms with Gasteiger partial charge in [0.25, 0.3) is 0 Å². The fourth-order valence-electron chi connectivity index (χ4n) is 0.996. The highest BCUT2D eigenvalue weighted by molar-refractivity contribution is 5.71. The van der Waals surface area contributed by atoms with Crippen LogP contribution in [0.15, 0.2) is 18.2 Å². The molecule has 0 aromatic heterocycles. The van der Waals surface area contributed by atoms with E-state index in [1.165, 1.54) is 14.2 Å². The number of rotatable bonds is 4. The van der Waals surface area contributed by atoms with E-state index in [9.17, 15) is 4.79 Å². The molecular weight excluding hydrogens is 198 g/mol. The molecule has 0 radical (unpaired) electrons. The normalized spacial score (nSPS) is 9.47. The minimum atomic E-state index is -0.448. The van der Waals surface area contributed by atoms with Crippen molar-refractivity contribution in [1.82, 2.24) is 0 Å². The Morgan fingerprint density at radius 3 is 2.53 bits per heavy atom. The number of carbonyl (C=O) groups excluding carboxylic acids is 1. The minimum absolute atomic E-state index is 0.150. The summed E-state index contributed by atoms with van der Waals surface area (Å²) in [7, 11) is 2.82. The number of ether oxygens (including phenoxy) is 3. The molecule has 0 spiro atoms. The first-order valence-electron chi connectivity index (χ1n) is 4.30. The lowest BCUT2D eigenvalue weighted by molar-refractivity contribution is -0.142. The van der Waals surface area contributed by atoms with Gasteiger partial charge in [-0.2, -0.15) is 0 Å². The number of anilines is 1. The Hall–Kier alpha value is -1.91. The van der Waals surface area contributed by atoms with E-state index in [2.05, 4.69) is 4.74 Å². The molecule has 0 atom stereocenters. The summed E-state index contributed by atoms with van der Waals surface area (Å²) in [6.45, 7) is -0.150. The zero-order chi connectivity index (χ0) is 11.3. The van der Waals surface area contributed by atoms with Gasteiger partial charge in [0.2, 0.25) is 0 Å². The van der Waals surface area contributed by atoms with Crippen LogP contribution in [0.3, 0.4) is 0 Å². The SMILES string of the molecule is COC(=O)COc1cc(N)cc(OC)c1. The summed E-state index contributed by atoms with van der Waals surface area (Å²) in [4.78, 5) is 10.8. The van der Waals surface area contributed by atoms with Gasteiger partial charge in [-0.05, 0) is 0 Å². The topological polar surface area (TPSA) is 70.8 Å². The van der Waals surface area contributed by atoms with Gasteiger partial charge in [-0.25, -0.2) is 4.79 Å². The third-order valence-electron chi connectivity index (χ3n) is 1.72. The molecule has 0 heterocycles. The first-order chi connectivity index (χ1) is 7.15. The highest BCUT2D eigenvalue weighted by Crippen LogP contribution is 2.23. The Balaban J connectivity index is 2.68. The summed E-state index contributed by atoms with van der Waals surface area (Å²) in [5.41, 5.74) is 6.11. The van der Waals surface area contributed by atoms with Gasteiger partial charge in [-0.1, -0.05) is 0 Å². The molecule has 0 saturated heterocycles. The molecule has 0 unspecified atom stereocenters. The first-order valence-corrected chi connectivity index (χ1v) is 4.30. The molecule has 5 heteroatoms. The van der Waals surface area contributed by atoms with Gasteiger partial charge in [-0.15, -0.1) is 0 Å². The van der Waals surface area contributed by atoms with Crippen LogP contribution in [-0.2, 0) is 9.53 Å². The predicted molar refractivity (Wildman–Crippen MR) is 54.9 cm³/mol. The molecule has 1 aromatic rings. The molecule has 2 N–H and O–H groups in total. The number of benzene rings is 1. The highest BCUT2D eigenvalue weighted by atomic mass is 16.6. The van der Waals surface area contributed by atoms with E-state index >= 15 is 0 Å². The summed E-state index contributed by atoms with van der Waals surface area (Å²) >= 11 is 0. The third kappa shape index (κ3) is 3.38.